The van der Waals surface area contributed by atoms with Crippen LogP contribution in [0.1, 0.15) is 43.6 Å². The van der Waals surface area contributed by atoms with Crippen molar-refractivity contribution in [1.82, 2.24) is 10.2 Å². The molecule has 5 nitrogen and oxygen atoms in total. The van der Waals surface area contributed by atoms with Crippen molar-refractivity contribution >= 4 is 11.8 Å². The predicted molar refractivity (Wildman–Crippen MR) is 89.4 cm³/mol. The molecular formula is C19H24N2O3. The summed E-state index contributed by atoms with van der Waals surface area (Å²) in [6, 6.07) is 7.57. The number of aromatic hydroxyl groups is 1. The molecule has 2 aliphatic carbocycles. The maximum absolute atomic E-state index is 12.8. The third-order valence-electron chi connectivity index (χ3n) is 5.43. The Morgan fingerprint density at radius 1 is 1.21 bits per heavy atom. The minimum Gasteiger partial charge on any atom is -0.508 e. The monoisotopic (exact) mass is 328 g/mol. The average molecular weight is 328 g/mol. The lowest BCUT2D eigenvalue weighted by Crippen LogP contribution is -2.46. The number of nitrogens with one attached hydrogen (secondary N) is 1. The van der Waals surface area contributed by atoms with Gasteiger partial charge in [-0.1, -0.05) is 12.1 Å². The summed E-state index contributed by atoms with van der Waals surface area (Å²) in [4.78, 5) is 26.9. The Balaban J connectivity index is 1.35. The maximum atomic E-state index is 12.8. The zero-order valence-electron chi connectivity index (χ0n) is 13.8. The van der Waals surface area contributed by atoms with Crippen LogP contribution in [0.2, 0.25) is 0 Å². The van der Waals surface area contributed by atoms with Crippen molar-refractivity contribution in [3.05, 3.63) is 29.8 Å². The number of benzene rings is 1. The average Bonchev–Trinajstić information content (AvgIpc) is 3.49. The highest BCUT2D eigenvalue weighted by Gasteiger charge is 2.46. The molecule has 3 atom stereocenters. The maximum Gasteiger partial charge on any atom is 0.226 e. The van der Waals surface area contributed by atoms with E-state index in [9.17, 15) is 14.7 Å². The standard InChI is InChI=1S/C19H24N2O3/c22-15-5-1-3-12(9-15)16-10-17(16)19(24)21-8-2-4-13(11-21)18(23)20-14-6-7-14/h1,3,5,9,13-14,16-17,22H,2,4,6-8,10-11H2,(H,20,23)/t13-,16-,17+/m1/s1. The molecule has 1 aromatic carbocycles. The summed E-state index contributed by atoms with van der Waals surface area (Å²) in [7, 11) is 0. The molecule has 0 unspecified atom stereocenters. The Hall–Kier alpha value is -2.04. The normalized spacial score (nSPS) is 29.2. The molecule has 24 heavy (non-hydrogen) atoms. The quantitative estimate of drug-likeness (QED) is 0.888. The summed E-state index contributed by atoms with van der Waals surface area (Å²) in [6.45, 7) is 1.32. The molecule has 1 heterocycles. The lowest BCUT2D eigenvalue weighted by Gasteiger charge is -2.32. The molecule has 2 saturated carbocycles. The fourth-order valence-corrected chi connectivity index (χ4v) is 3.76. The van der Waals surface area contributed by atoms with Crippen LogP contribution in [0.5, 0.6) is 5.75 Å². The first-order valence-corrected chi connectivity index (χ1v) is 9.00. The van der Waals surface area contributed by atoms with Crippen molar-refractivity contribution in [2.75, 3.05) is 13.1 Å². The van der Waals surface area contributed by atoms with E-state index in [1.807, 2.05) is 17.0 Å². The van der Waals surface area contributed by atoms with Gasteiger partial charge in [0.05, 0.1) is 5.92 Å². The predicted octanol–water partition coefficient (Wildman–Crippen LogP) is 2.01. The number of rotatable bonds is 4. The van der Waals surface area contributed by atoms with Crippen molar-refractivity contribution in [3.63, 3.8) is 0 Å². The lowest BCUT2D eigenvalue weighted by molar-refractivity contribution is -0.136. The van der Waals surface area contributed by atoms with Gasteiger partial charge in [-0.25, -0.2) is 0 Å². The van der Waals surface area contributed by atoms with Crippen LogP contribution in [0.4, 0.5) is 0 Å². The molecule has 1 aliphatic heterocycles. The van der Waals surface area contributed by atoms with E-state index in [2.05, 4.69) is 5.32 Å². The van der Waals surface area contributed by atoms with Gasteiger partial charge in [0.15, 0.2) is 0 Å². The van der Waals surface area contributed by atoms with Crippen molar-refractivity contribution in [1.29, 1.82) is 0 Å². The van der Waals surface area contributed by atoms with E-state index in [0.717, 1.165) is 44.2 Å². The first-order chi connectivity index (χ1) is 11.6. The van der Waals surface area contributed by atoms with Gasteiger partial charge in [0.25, 0.3) is 0 Å². The van der Waals surface area contributed by atoms with Gasteiger partial charge >= 0.3 is 0 Å². The number of piperidine rings is 1. The molecule has 2 amide bonds. The Bertz CT molecular complexity index is 656. The lowest BCUT2D eigenvalue weighted by atomic mass is 9.96. The molecule has 3 aliphatic rings. The Morgan fingerprint density at radius 3 is 2.79 bits per heavy atom. The molecule has 0 bridgehead atoms. The van der Waals surface area contributed by atoms with Crippen molar-refractivity contribution in [2.45, 2.75) is 44.1 Å². The molecular weight excluding hydrogens is 304 g/mol. The Kier molecular flexibility index (Phi) is 3.94. The van der Waals surface area contributed by atoms with E-state index >= 15 is 0 Å². The highest BCUT2D eigenvalue weighted by molar-refractivity contribution is 5.85. The number of likely N-dealkylation sites (tertiary alicyclic amines) is 1. The summed E-state index contributed by atoms with van der Waals surface area (Å²) in [5.74, 6) is 0.714. The van der Waals surface area contributed by atoms with E-state index < -0.39 is 0 Å². The summed E-state index contributed by atoms with van der Waals surface area (Å²) in [6.07, 6.45) is 4.81. The molecule has 0 radical (unpaired) electrons. The number of amides is 2. The van der Waals surface area contributed by atoms with Crippen LogP contribution >= 0.6 is 0 Å². The Labute approximate surface area is 142 Å². The number of hydrogen-bond acceptors (Lipinski definition) is 3. The van der Waals surface area contributed by atoms with E-state index in [0.29, 0.717) is 12.6 Å². The highest BCUT2D eigenvalue weighted by Crippen LogP contribution is 2.49. The Morgan fingerprint density at radius 2 is 2.04 bits per heavy atom. The van der Waals surface area contributed by atoms with Crippen LogP contribution in [0.25, 0.3) is 0 Å². The number of carbonyl (C=O) groups excluding carboxylic acids is 2. The molecule has 128 valence electrons. The molecule has 5 heteroatoms. The minimum absolute atomic E-state index is 0.0112. The number of phenolic OH excluding ortho intramolecular Hbond substituents is 1. The first-order valence-electron chi connectivity index (χ1n) is 9.00. The minimum atomic E-state index is -0.0544. The van der Waals surface area contributed by atoms with Gasteiger partial charge in [-0.15, -0.1) is 0 Å². The fourth-order valence-electron chi connectivity index (χ4n) is 3.76. The molecule has 0 aromatic heterocycles. The third-order valence-corrected chi connectivity index (χ3v) is 5.43. The topological polar surface area (TPSA) is 69.6 Å². The number of hydrogen-bond donors (Lipinski definition) is 2. The van der Waals surface area contributed by atoms with Crippen LogP contribution in [-0.4, -0.2) is 41.0 Å². The second-order valence-electron chi connectivity index (χ2n) is 7.45. The van der Waals surface area contributed by atoms with Crippen molar-refractivity contribution in [2.24, 2.45) is 11.8 Å². The van der Waals surface area contributed by atoms with Gasteiger partial charge < -0.3 is 15.3 Å². The van der Waals surface area contributed by atoms with Gasteiger partial charge in [-0.2, -0.15) is 0 Å². The van der Waals surface area contributed by atoms with Gasteiger partial charge in [0.2, 0.25) is 11.8 Å². The van der Waals surface area contributed by atoms with Crippen LogP contribution in [-0.2, 0) is 9.59 Å². The molecule has 2 N–H and O–H groups in total. The van der Waals surface area contributed by atoms with Crippen LogP contribution in [0.15, 0.2) is 24.3 Å². The molecule has 0 spiro atoms. The molecule has 3 fully saturated rings. The third kappa shape index (κ3) is 3.25. The largest absolute Gasteiger partial charge is 0.508 e. The second-order valence-corrected chi connectivity index (χ2v) is 7.45. The smallest absolute Gasteiger partial charge is 0.226 e. The van der Waals surface area contributed by atoms with Crippen molar-refractivity contribution in [3.8, 4) is 5.75 Å². The van der Waals surface area contributed by atoms with E-state index in [4.69, 9.17) is 0 Å². The fraction of sp³-hybridized carbons (Fsp3) is 0.579. The van der Waals surface area contributed by atoms with Crippen molar-refractivity contribution < 1.29 is 14.7 Å². The zero-order chi connectivity index (χ0) is 16.7. The first kappa shape index (κ1) is 15.5. The number of carbonyl (C=O) groups is 2. The van der Waals surface area contributed by atoms with Crippen LogP contribution < -0.4 is 5.32 Å². The van der Waals surface area contributed by atoms with E-state index in [-0.39, 0.29) is 35.3 Å². The molecule has 1 saturated heterocycles. The number of nitrogens with zero attached hydrogens (tertiary/aromatic N) is 1. The summed E-state index contributed by atoms with van der Waals surface area (Å²) >= 11 is 0. The molecule has 1 aromatic rings. The van der Waals surface area contributed by atoms with Gasteiger partial charge in [-0.05, 0) is 55.7 Å². The van der Waals surface area contributed by atoms with E-state index in [1.165, 1.54) is 0 Å². The SMILES string of the molecule is O=C(NC1CC1)[C@@H]1CCCN(C(=O)[C@H]2C[C@@H]2c2cccc(O)c2)C1. The van der Waals surface area contributed by atoms with E-state index in [1.54, 1.807) is 12.1 Å². The summed E-state index contributed by atoms with van der Waals surface area (Å²) in [5, 5.41) is 12.7. The number of phenols is 1. The highest BCUT2D eigenvalue weighted by atomic mass is 16.3. The van der Waals surface area contributed by atoms with Gasteiger partial charge in [-0.3, -0.25) is 9.59 Å². The summed E-state index contributed by atoms with van der Waals surface area (Å²) < 4.78 is 0. The van der Waals surface area contributed by atoms with Crippen LogP contribution in [0.3, 0.4) is 0 Å². The zero-order valence-corrected chi connectivity index (χ0v) is 13.8. The molecule has 4 rings (SSSR count). The second kappa shape index (κ2) is 6.11. The van der Waals surface area contributed by atoms with Gasteiger partial charge in [0, 0.05) is 25.0 Å². The van der Waals surface area contributed by atoms with Crippen LogP contribution in [0, 0.1) is 11.8 Å². The van der Waals surface area contributed by atoms with Gasteiger partial charge in [0.1, 0.15) is 5.75 Å². The summed E-state index contributed by atoms with van der Waals surface area (Å²) in [5.41, 5.74) is 1.04.